The van der Waals surface area contributed by atoms with Gasteiger partial charge in [-0.2, -0.15) is 11.8 Å². The zero-order valence-electron chi connectivity index (χ0n) is 10.2. The molecule has 1 aliphatic rings. The van der Waals surface area contributed by atoms with Gasteiger partial charge in [0.05, 0.1) is 0 Å². The molecule has 0 aliphatic carbocycles. The summed E-state index contributed by atoms with van der Waals surface area (Å²) in [7, 11) is 0. The van der Waals surface area contributed by atoms with E-state index in [9.17, 15) is 0 Å². The summed E-state index contributed by atoms with van der Waals surface area (Å²) < 4.78 is 0.277. The highest BCUT2D eigenvalue weighted by atomic mass is 32.2. The molecule has 1 aromatic heterocycles. The van der Waals surface area contributed by atoms with E-state index in [1.807, 2.05) is 23.9 Å². The summed E-state index contributed by atoms with van der Waals surface area (Å²) in [5, 5.41) is 7.33. The van der Waals surface area contributed by atoms with Crippen molar-refractivity contribution < 1.29 is 0 Å². The quantitative estimate of drug-likeness (QED) is 0.619. The molecule has 17 heavy (non-hydrogen) atoms. The van der Waals surface area contributed by atoms with Gasteiger partial charge in [0.25, 0.3) is 0 Å². The molecule has 1 aliphatic heterocycles. The van der Waals surface area contributed by atoms with Crippen LogP contribution in [0.2, 0.25) is 0 Å². The molecule has 1 saturated heterocycles. The second-order valence-electron chi connectivity index (χ2n) is 4.85. The lowest BCUT2D eigenvalue weighted by atomic mass is 10.2. The number of rotatable bonds is 2. The Bertz CT molecular complexity index is 413. The van der Waals surface area contributed by atoms with E-state index in [4.69, 9.17) is 11.1 Å². The van der Waals surface area contributed by atoms with E-state index in [-0.39, 0.29) is 10.6 Å². The van der Waals surface area contributed by atoms with Crippen molar-refractivity contribution in [3.63, 3.8) is 0 Å². The van der Waals surface area contributed by atoms with E-state index in [1.54, 1.807) is 6.20 Å². The topological polar surface area (TPSA) is 66.0 Å². The number of pyridine rings is 1. The Hall–Kier alpha value is -1.23. The smallest absolute Gasteiger partial charge is 0.128 e. The van der Waals surface area contributed by atoms with E-state index in [2.05, 4.69) is 23.7 Å². The van der Waals surface area contributed by atoms with Crippen molar-refractivity contribution in [3.8, 4) is 0 Å². The molecule has 0 radical (unpaired) electrons. The number of thioether (sulfide) groups is 1. The van der Waals surface area contributed by atoms with Gasteiger partial charge in [-0.3, -0.25) is 5.41 Å². The molecule has 0 amide bonds. The van der Waals surface area contributed by atoms with Gasteiger partial charge in [-0.1, -0.05) is 0 Å². The van der Waals surface area contributed by atoms with Crippen LogP contribution >= 0.6 is 11.8 Å². The number of nitrogen functional groups attached to an aromatic ring is 1. The predicted octanol–water partition coefficient (Wildman–Crippen LogP) is 1.70. The highest BCUT2D eigenvalue weighted by molar-refractivity contribution is 8.00. The summed E-state index contributed by atoms with van der Waals surface area (Å²) >= 11 is 2.00. The van der Waals surface area contributed by atoms with Crippen LogP contribution in [-0.2, 0) is 0 Å². The third-order valence-corrected chi connectivity index (χ3v) is 4.11. The Kier molecular flexibility index (Phi) is 3.28. The van der Waals surface area contributed by atoms with Gasteiger partial charge in [0.2, 0.25) is 0 Å². The molecular weight excluding hydrogens is 232 g/mol. The van der Waals surface area contributed by atoms with Crippen LogP contribution < -0.4 is 10.6 Å². The fraction of sp³-hybridized carbons (Fsp3) is 0.500. The van der Waals surface area contributed by atoms with Crippen LogP contribution in [0.15, 0.2) is 18.3 Å². The maximum Gasteiger partial charge on any atom is 0.128 e. The maximum atomic E-state index is 7.33. The van der Waals surface area contributed by atoms with Crippen molar-refractivity contribution in [2.45, 2.75) is 18.6 Å². The molecule has 2 rings (SSSR count). The maximum absolute atomic E-state index is 7.33. The lowest BCUT2D eigenvalue weighted by Crippen LogP contribution is -2.43. The van der Waals surface area contributed by atoms with E-state index < -0.39 is 0 Å². The standard InChI is InChI=1S/C12H18N4S/c1-12(2)8-16(5-6-17-12)10-4-3-9(7-15-10)11(13)14/h3-4,7H,5-6,8H2,1-2H3,(H3,13,14). The van der Waals surface area contributed by atoms with Crippen LogP contribution in [0.5, 0.6) is 0 Å². The zero-order valence-corrected chi connectivity index (χ0v) is 11.0. The van der Waals surface area contributed by atoms with Gasteiger partial charge >= 0.3 is 0 Å². The van der Waals surface area contributed by atoms with Crippen molar-refractivity contribution in [2.75, 3.05) is 23.7 Å². The molecule has 0 saturated carbocycles. The summed E-state index contributed by atoms with van der Waals surface area (Å²) in [4.78, 5) is 6.68. The minimum Gasteiger partial charge on any atom is -0.384 e. The second-order valence-corrected chi connectivity index (χ2v) is 6.65. The van der Waals surface area contributed by atoms with Gasteiger partial charge in [0.1, 0.15) is 11.7 Å². The van der Waals surface area contributed by atoms with Crippen molar-refractivity contribution in [2.24, 2.45) is 5.73 Å². The van der Waals surface area contributed by atoms with Gasteiger partial charge < -0.3 is 10.6 Å². The largest absolute Gasteiger partial charge is 0.384 e. The number of hydrogen-bond donors (Lipinski definition) is 2. The van der Waals surface area contributed by atoms with Crippen LogP contribution in [-0.4, -0.2) is 34.4 Å². The van der Waals surface area contributed by atoms with Gasteiger partial charge in [-0.25, -0.2) is 4.98 Å². The molecule has 0 spiro atoms. The number of anilines is 1. The molecule has 4 nitrogen and oxygen atoms in total. The van der Waals surface area contributed by atoms with Crippen molar-refractivity contribution in [1.82, 2.24) is 4.98 Å². The number of nitrogens with zero attached hydrogens (tertiary/aromatic N) is 2. The molecule has 3 N–H and O–H groups in total. The average Bonchev–Trinajstić information content (AvgIpc) is 2.28. The van der Waals surface area contributed by atoms with E-state index >= 15 is 0 Å². The number of hydrogen-bond acceptors (Lipinski definition) is 4. The van der Waals surface area contributed by atoms with E-state index in [1.165, 1.54) is 0 Å². The number of amidine groups is 1. The summed E-state index contributed by atoms with van der Waals surface area (Å²) in [6.45, 7) is 6.55. The van der Waals surface area contributed by atoms with Gasteiger partial charge in [-0.15, -0.1) is 0 Å². The third-order valence-electron chi connectivity index (χ3n) is 2.81. The van der Waals surface area contributed by atoms with Crippen molar-refractivity contribution >= 4 is 23.4 Å². The van der Waals surface area contributed by atoms with Crippen LogP contribution in [0.25, 0.3) is 0 Å². The Morgan fingerprint density at radius 2 is 2.29 bits per heavy atom. The molecule has 0 unspecified atom stereocenters. The fourth-order valence-electron chi connectivity index (χ4n) is 1.94. The first-order chi connectivity index (χ1) is 7.98. The molecule has 92 valence electrons. The molecule has 1 aromatic rings. The van der Waals surface area contributed by atoms with E-state index in [0.717, 1.165) is 24.7 Å². The third kappa shape index (κ3) is 2.91. The molecule has 0 atom stereocenters. The molecule has 0 aromatic carbocycles. The average molecular weight is 250 g/mol. The Balaban J connectivity index is 2.14. The molecule has 5 heteroatoms. The van der Waals surface area contributed by atoms with Crippen LogP contribution in [0.4, 0.5) is 5.82 Å². The summed E-state index contributed by atoms with van der Waals surface area (Å²) in [6, 6.07) is 3.81. The number of aromatic nitrogens is 1. The molecule has 1 fully saturated rings. The first kappa shape index (κ1) is 12.2. The molecule has 0 bridgehead atoms. The minimum atomic E-state index is 0.0681. The van der Waals surface area contributed by atoms with Crippen molar-refractivity contribution in [3.05, 3.63) is 23.9 Å². The first-order valence-electron chi connectivity index (χ1n) is 5.67. The molecular formula is C12H18N4S. The minimum absolute atomic E-state index is 0.0681. The van der Waals surface area contributed by atoms with Crippen LogP contribution in [0, 0.1) is 5.41 Å². The predicted molar refractivity (Wildman–Crippen MR) is 74.0 cm³/mol. The monoisotopic (exact) mass is 250 g/mol. The lowest BCUT2D eigenvalue weighted by molar-refractivity contribution is 0.642. The van der Waals surface area contributed by atoms with Crippen molar-refractivity contribution in [1.29, 1.82) is 5.41 Å². The first-order valence-corrected chi connectivity index (χ1v) is 6.66. The van der Waals surface area contributed by atoms with Gasteiger partial charge in [-0.05, 0) is 26.0 Å². The highest BCUT2D eigenvalue weighted by Gasteiger charge is 2.27. The number of nitrogens with two attached hydrogens (primary N) is 1. The summed E-state index contributed by atoms with van der Waals surface area (Å²) in [6.07, 6.45) is 1.67. The zero-order chi connectivity index (χ0) is 12.5. The van der Waals surface area contributed by atoms with Gasteiger partial charge in [0, 0.05) is 35.3 Å². The summed E-state index contributed by atoms with van der Waals surface area (Å²) in [5.74, 6) is 2.17. The Morgan fingerprint density at radius 3 is 2.82 bits per heavy atom. The number of nitrogens with one attached hydrogen (secondary N) is 1. The van der Waals surface area contributed by atoms with Crippen LogP contribution in [0.1, 0.15) is 19.4 Å². The summed E-state index contributed by atoms with van der Waals surface area (Å²) in [5.41, 5.74) is 6.09. The second kappa shape index (κ2) is 4.56. The Labute approximate surface area is 106 Å². The Morgan fingerprint density at radius 1 is 1.53 bits per heavy atom. The molecule has 2 heterocycles. The highest BCUT2D eigenvalue weighted by Crippen LogP contribution is 2.31. The SMILES string of the molecule is CC1(C)CN(c2ccc(C(=N)N)cn2)CCS1. The lowest BCUT2D eigenvalue weighted by Gasteiger charge is -2.38. The van der Waals surface area contributed by atoms with E-state index in [0.29, 0.717) is 5.56 Å². The van der Waals surface area contributed by atoms with Crippen LogP contribution in [0.3, 0.4) is 0 Å². The normalized spacial score (nSPS) is 19.1. The van der Waals surface area contributed by atoms with Gasteiger partial charge in [0.15, 0.2) is 0 Å². The fourth-order valence-corrected chi connectivity index (χ4v) is 3.06.